The van der Waals surface area contributed by atoms with Gasteiger partial charge in [0.25, 0.3) is 0 Å². The third-order valence-electron chi connectivity index (χ3n) is 6.21. The third kappa shape index (κ3) is 6.29. The highest BCUT2D eigenvalue weighted by Gasteiger charge is 2.39. The smallest absolute Gasteiger partial charge is 0.417 e. The molecule has 2 atom stereocenters. The molecule has 2 rings (SSSR count). The number of rotatable bonds is 9. The van der Waals surface area contributed by atoms with Crippen LogP contribution in [0, 0.1) is 5.92 Å². The van der Waals surface area contributed by atoms with Gasteiger partial charge in [0.1, 0.15) is 12.6 Å². The van der Waals surface area contributed by atoms with E-state index in [1.807, 2.05) is 37.3 Å². The maximum Gasteiger partial charge on any atom is 0.417 e. The van der Waals surface area contributed by atoms with E-state index < -0.39 is 14.4 Å². The Bertz CT molecular complexity index is 754. The molecule has 1 aliphatic rings. The highest BCUT2D eigenvalue weighted by Crippen LogP contribution is 2.37. The van der Waals surface area contributed by atoms with Crippen LogP contribution in [-0.4, -0.2) is 38.4 Å². The highest BCUT2D eigenvalue weighted by atomic mass is 28.4. The largest absolute Gasteiger partial charge is 0.446 e. The molecule has 0 N–H and O–H groups in total. The van der Waals surface area contributed by atoms with E-state index in [1.165, 1.54) is 4.90 Å². The third-order valence-corrected chi connectivity index (χ3v) is 10.7. The predicted octanol–water partition coefficient (Wildman–Crippen LogP) is 6.09. The van der Waals surface area contributed by atoms with Gasteiger partial charge in [-0.25, -0.2) is 9.69 Å². The van der Waals surface area contributed by atoms with Gasteiger partial charge in [-0.3, -0.25) is 4.79 Å². The van der Waals surface area contributed by atoms with E-state index in [2.05, 4.69) is 40.4 Å². The Morgan fingerprint density at radius 3 is 2.50 bits per heavy atom. The van der Waals surface area contributed by atoms with Crippen molar-refractivity contribution in [3.05, 3.63) is 48.0 Å². The second kappa shape index (κ2) is 9.92. The second-order valence-electron chi connectivity index (χ2n) is 9.89. The maximum atomic E-state index is 12.9. The van der Waals surface area contributed by atoms with Gasteiger partial charge in [0.2, 0.25) is 5.91 Å². The van der Waals surface area contributed by atoms with Crippen LogP contribution in [0.4, 0.5) is 4.79 Å². The molecule has 6 heteroatoms. The molecule has 1 saturated heterocycles. The summed E-state index contributed by atoms with van der Waals surface area (Å²) < 4.78 is 11.4. The fourth-order valence-corrected chi connectivity index (χ4v) is 4.39. The summed E-state index contributed by atoms with van der Waals surface area (Å²) in [7, 11) is -1.76. The number of amides is 2. The lowest BCUT2D eigenvalue weighted by Crippen LogP contribution is -2.41. The van der Waals surface area contributed by atoms with Crippen LogP contribution in [0.3, 0.4) is 0 Å². The van der Waals surface area contributed by atoms with Crippen molar-refractivity contribution in [1.29, 1.82) is 0 Å². The molecule has 1 aromatic rings. The lowest BCUT2D eigenvalue weighted by molar-refractivity contribution is -0.130. The number of ether oxygens (including phenoxy) is 1. The van der Waals surface area contributed by atoms with Gasteiger partial charge in [0, 0.05) is 13.0 Å². The average Bonchev–Trinajstić information content (AvgIpc) is 3.02. The first-order valence-electron chi connectivity index (χ1n) is 10.8. The van der Waals surface area contributed by atoms with Gasteiger partial charge < -0.3 is 9.16 Å². The van der Waals surface area contributed by atoms with Crippen molar-refractivity contribution in [2.24, 2.45) is 5.92 Å². The van der Waals surface area contributed by atoms with Crippen LogP contribution in [0.25, 0.3) is 0 Å². The fourth-order valence-electron chi connectivity index (χ4n) is 3.35. The van der Waals surface area contributed by atoms with Gasteiger partial charge in [-0.15, -0.1) is 0 Å². The van der Waals surface area contributed by atoms with Crippen molar-refractivity contribution in [2.75, 3.05) is 13.2 Å². The quantitative estimate of drug-likeness (QED) is 0.351. The van der Waals surface area contributed by atoms with Gasteiger partial charge in [-0.1, -0.05) is 70.2 Å². The highest BCUT2D eigenvalue weighted by molar-refractivity contribution is 6.74. The average molecular weight is 432 g/mol. The molecule has 1 aliphatic heterocycles. The number of carbonyl (C=O) groups is 2. The van der Waals surface area contributed by atoms with E-state index >= 15 is 0 Å². The summed E-state index contributed by atoms with van der Waals surface area (Å²) in [5, 5.41) is 0.188. The molecule has 1 aromatic carbocycles. The minimum Gasteiger partial charge on any atom is -0.446 e. The van der Waals surface area contributed by atoms with Gasteiger partial charge in [-0.05, 0) is 42.5 Å². The van der Waals surface area contributed by atoms with Crippen LogP contribution in [0.5, 0.6) is 0 Å². The summed E-state index contributed by atoms with van der Waals surface area (Å²) >= 11 is 0. The monoisotopic (exact) mass is 431 g/mol. The van der Waals surface area contributed by atoms with Crippen LogP contribution in [0.1, 0.15) is 58.6 Å². The fraction of sp³-hybridized carbons (Fsp3) is 0.583. The van der Waals surface area contributed by atoms with Gasteiger partial charge in [-0.2, -0.15) is 0 Å². The molecule has 5 nitrogen and oxygen atoms in total. The Morgan fingerprint density at radius 2 is 1.90 bits per heavy atom. The minimum absolute atomic E-state index is 0.0997. The standard InChI is InChI=1S/C24H37NO4Si/c1-18(13-14-29-30(6,7)24(3,4)5)15-19(2)16-22(26)25-21(17-28-23(25)27)20-11-9-8-10-12-20/h8-12,19,21H,1,13-17H2,2-7H3/t19-,21-/m0/s1. The molecular weight excluding hydrogens is 394 g/mol. The summed E-state index contributed by atoms with van der Waals surface area (Å²) in [6.45, 7) is 18.3. The van der Waals surface area contributed by atoms with Gasteiger partial charge >= 0.3 is 6.09 Å². The number of cyclic esters (lactones) is 1. The Labute approximate surface area is 182 Å². The molecule has 166 valence electrons. The Balaban J connectivity index is 1.85. The van der Waals surface area contributed by atoms with Crippen LogP contribution < -0.4 is 0 Å². The summed E-state index contributed by atoms with van der Waals surface area (Å²) in [6, 6.07) is 9.20. The summed E-state index contributed by atoms with van der Waals surface area (Å²) in [4.78, 5) is 26.3. The predicted molar refractivity (Wildman–Crippen MR) is 123 cm³/mol. The first-order chi connectivity index (χ1) is 13.9. The molecule has 0 aliphatic carbocycles. The van der Waals surface area contributed by atoms with E-state index in [-0.39, 0.29) is 29.5 Å². The lowest BCUT2D eigenvalue weighted by atomic mass is 9.96. The van der Waals surface area contributed by atoms with Gasteiger partial charge in [0.05, 0.1) is 0 Å². The van der Waals surface area contributed by atoms with Crippen LogP contribution >= 0.6 is 0 Å². The molecule has 30 heavy (non-hydrogen) atoms. The molecule has 2 amide bonds. The minimum atomic E-state index is -1.76. The molecule has 0 aromatic heterocycles. The number of hydrogen-bond acceptors (Lipinski definition) is 4. The molecule has 0 spiro atoms. The van der Waals surface area contributed by atoms with Crippen LogP contribution in [-0.2, 0) is 14.0 Å². The van der Waals surface area contributed by atoms with Crippen molar-refractivity contribution in [2.45, 2.75) is 71.1 Å². The van der Waals surface area contributed by atoms with Crippen LogP contribution in [0.15, 0.2) is 42.5 Å². The van der Waals surface area contributed by atoms with Crippen molar-refractivity contribution >= 4 is 20.3 Å². The first-order valence-corrected chi connectivity index (χ1v) is 13.7. The van der Waals surface area contributed by atoms with E-state index in [0.29, 0.717) is 13.0 Å². The number of nitrogens with zero attached hydrogens (tertiary/aromatic N) is 1. The zero-order chi connectivity index (χ0) is 22.5. The summed E-state index contributed by atoms with van der Waals surface area (Å²) in [5.74, 6) is -0.0909. The van der Waals surface area contributed by atoms with Crippen molar-refractivity contribution in [1.82, 2.24) is 4.90 Å². The molecule has 0 unspecified atom stereocenters. The SMILES string of the molecule is C=C(CCO[Si](C)(C)C(C)(C)C)C[C@H](C)CC(=O)N1C(=O)OC[C@H]1c1ccccc1. The van der Waals surface area contributed by atoms with E-state index in [4.69, 9.17) is 9.16 Å². The van der Waals surface area contributed by atoms with E-state index in [9.17, 15) is 9.59 Å². The molecular formula is C24H37NO4Si. The summed E-state index contributed by atoms with van der Waals surface area (Å²) in [6.07, 6.45) is 1.28. The Morgan fingerprint density at radius 1 is 1.27 bits per heavy atom. The normalized spacial score (nSPS) is 18.3. The maximum absolute atomic E-state index is 12.9. The molecule has 0 bridgehead atoms. The van der Waals surface area contributed by atoms with E-state index in [1.54, 1.807) is 0 Å². The van der Waals surface area contributed by atoms with Crippen LogP contribution in [0.2, 0.25) is 18.1 Å². The van der Waals surface area contributed by atoms with E-state index in [0.717, 1.165) is 24.0 Å². The number of hydrogen-bond donors (Lipinski definition) is 0. The van der Waals surface area contributed by atoms with Crippen molar-refractivity contribution < 1.29 is 18.8 Å². The summed E-state index contributed by atoms with van der Waals surface area (Å²) in [5.41, 5.74) is 1.99. The van der Waals surface area contributed by atoms with Crippen molar-refractivity contribution in [3.8, 4) is 0 Å². The zero-order valence-electron chi connectivity index (χ0n) is 19.4. The Kier molecular flexibility index (Phi) is 8.05. The number of imide groups is 1. The molecule has 0 saturated carbocycles. The molecule has 1 heterocycles. The Hall–Kier alpha value is -1.92. The number of carbonyl (C=O) groups excluding carboxylic acids is 2. The lowest BCUT2D eigenvalue weighted by Gasteiger charge is -2.36. The molecule has 0 radical (unpaired) electrons. The number of benzene rings is 1. The van der Waals surface area contributed by atoms with Gasteiger partial charge in [0.15, 0.2) is 8.32 Å². The molecule has 1 fully saturated rings. The van der Waals surface area contributed by atoms with Crippen molar-refractivity contribution in [3.63, 3.8) is 0 Å². The zero-order valence-corrected chi connectivity index (χ0v) is 20.4. The first kappa shape index (κ1) is 24.3. The topological polar surface area (TPSA) is 55.8 Å². The second-order valence-corrected chi connectivity index (χ2v) is 14.7.